The Kier molecular flexibility index (Phi) is 6.75. The number of carbonyl (C=O) groups is 2. The van der Waals surface area contributed by atoms with Crippen LogP contribution in [0.15, 0.2) is 65.9 Å². The molecule has 2 atom stereocenters. The number of rotatable bonds is 7. The minimum atomic E-state index is -0.596. The van der Waals surface area contributed by atoms with Crippen LogP contribution in [0.5, 0.6) is 5.75 Å². The van der Waals surface area contributed by atoms with Crippen molar-refractivity contribution in [1.29, 1.82) is 0 Å². The van der Waals surface area contributed by atoms with Crippen molar-refractivity contribution in [1.82, 2.24) is 15.5 Å². The first-order valence-electron chi connectivity index (χ1n) is 11.0. The molecule has 1 fully saturated rings. The molecular weight excluding hydrogens is 406 g/mol. The topological polar surface area (TPSA) is 79.9 Å². The highest BCUT2D eigenvalue weighted by Gasteiger charge is 2.36. The van der Waals surface area contributed by atoms with Crippen LogP contribution < -0.4 is 15.4 Å². The Morgan fingerprint density at radius 1 is 1.09 bits per heavy atom. The lowest BCUT2D eigenvalue weighted by molar-refractivity contribution is -0.139. The predicted molar refractivity (Wildman–Crippen MR) is 121 cm³/mol. The smallest absolute Gasteiger partial charge is 0.338 e. The molecule has 0 radical (unpaired) electrons. The van der Waals surface area contributed by atoms with E-state index >= 15 is 0 Å². The molecule has 2 aliphatic heterocycles. The van der Waals surface area contributed by atoms with Crippen molar-refractivity contribution in [2.75, 3.05) is 26.8 Å². The summed E-state index contributed by atoms with van der Waals surface area (Å²) in [5.41, 5.74) is 3.07. The molecule has 0 aromatic heterocycles. The summed E-state index contributed by atoms with van der Waals surface area (Å²) >= 11 is 0. The van der Waals surface area contributed by atoms with Gasteiger partial charge in [-0.05, 0) is 49.6 Å². The minimum absolute atomic E-state index is 0.248. The lowest BCUT2D eigenvalue weighted by Gasteiger charge is -2.33. The molecule has 2 N–H and O–H groups in total. The Bertz CT molecular complexity index is 988. The number of likely N-dealkylation sites (tertiary alicyclic amines) is 1. The van der Waals surface area contributed by atoms with E-state index in [4.69, 9.17) is 9.47 Å². The van der Waals surface area contributed by atoms with Crippen LogP contribution in [0.2, 0.25) is 0 Å². The van der Waals surface area contributed by atoms with Gasteiger partial charge in [-0.15, -0.1) is 0 Å². The number of ether oxygens (including phenoxy) is 2. The Labute approximate surface area is 188 Å². The molecule has 2 aliphatic rings. The van der Waals surface area contributed by atoms with E-state index < -0.39 is 12.0 Å². The summed E-state index contributed by atoms with van der Waals surface area (Å²) in [5.74, 6) is 0.282. The van der Waals surface area contributed by atoms with Gasteiger partial charge in [0.15, 0.2) is 0 Å². The van der Waals surface area contributed by atoms with Crippen LogP contribution in [0.4, 0.5) is 4.79 Å². The van der Waals surface area contributed by atoms with Gasteiger partial charge in [-0.2, -0.15) is 0 Å². The molecular formula is C25H29N3O4. The molecule has 2 unspecified atom stereocenters. The highest BCUT2D eigenvalue weighted by molar-refractivity contribution is 5.95. The number of hydrogen-bond donors (Lipinski definition) is 2. The van der Waals surface area contributed by atoms with Gasteiger partial charge in [0.2, 0.25) is 0 Å². The summed E-state index contributed by atoms with van der Waals surface area (Å²) in [4.78, 5) is 27.9. The number of urea groups is 1. The van der Waals surface area contributed by atoms with E-state index in [0.29, 0.717) is 23.6 Å². The standard InChI is InChI=1S/C25H29N3O4/c1-3-32-24(29)22-20(16-28-15-7-10-21(28)17-8-5-4-6-9-17)26-25(30)27-23(22)18-11-13-19(31-2)14-12-18/h4-6,8-9,11-14,21,23H,3,7,10,15-16H2,1-2H3,(H2,26,27,30). The third kappa shape index (κ3) is 4.62. The number of nitrogens with zero attached hydrogens (tertiary/aromatic N) is 1. The number of methoxy groups -OCH3 is 1. The Morgan fingerprint density at radius 2 is 1.84 bits per heavy atom. The molecule has 168 valence electrons. The monoisotopic (exact) mass is 435 g/mol. The second kappa shape index (κ2) is 9.87. The van der Waals surface area contributed by atoms with E-state index in [1.54, 1.807) is 14.0 Å². The third-order valence-electron chi connectivity index (χ3n) is 6.01. The summed E-state index contributed by atoms with van der Waals surface area (Å²) in [6.45, 7) is 3.40. The summed E-state index contributed by atoms with van der Waals surface area (Å²) < 4.78 is 10.6. The molecule has 1 saturated heterocycles. The molecule has 2 aromatic rings. The van der Waals surface area contributed by atoms with Gasteiger partial charge in [0, 0.05) is 18.3 Å². The van der Waals surface area contributed by atoms with E-state index in [2.05, 4.69) is 27.7 Å². The second-order valence-corrected chi connectivity index (χ2v) is 7.96. The van der Waals surface area contributed by atoms with Crippen molar-refractivity contribution < 1.29 is 19.1 Å². The second-order valence-electron chi connectivity index (χ2n) is 7.96. The zero-order chi connectivity index (χ0) is 22.5. The van der Waals surface area contributed by atoms with Gasteiger partial charge in [0.05, 0.1) is 25.3 Å². The Balaban J connectivity index is 1.69. The summed E-state index contributed by atoms with van der Waals surface area (Å²) in [5, 5.41) is 5.78. The maximum atomic E-state index is 13.0. The Morgan fingerprint density at radius 3 is 2.53 bits per heavy atom. The molecule has 32 heavy (non-hydrogen) atoms. The fourth-order valence-corrected chi connectivity index (χ4v) is 4.51. The van der Waals surface area contributed by atoms with Gasteiger partial charge in [-0.1, -0.05) is 42.5 Å². The number of hydrogen-bond acceptors (Lipinski definition) is 5. The first kappa shape index (κ1) is 21.9. The van der Waals surface area contributed by atoms with Gasteiger partial charge in [-0.3, -0.25) is 4.90 Å². The van der Waals surface area contributed by atoms with Gasteiger partial charge < -0.3 is 20.1 Å². The van der Waals surface area contributed by atoms with Crippen LogP contribution >= 0.6 is 0 Å². The van der Waals surface area contributed by atoms with Crippen LogP contribution in [-0.4, -0.2) is 43.7 Å². The lowest BCUT2D eigenvalue weighted by atomic mass is 9.94. The molecule has 7 nitrogen and oxygen atoms in total. The van der Waals surface area contributed by atoms with E-state index in [1.165, 1.54) is 5.56 Å². The number of esters is 1. The first-order chi connectivity index (χ1) is 15.6. The van der Waals surface area contributed by atoms with E-state index in [0.717, 1.165) is 24.9 Å². The van der Waals surface area contributed by atoms with Gasteiger partial charge in [0.1, 0.15) is 5.75 Å². The van der Waals surface area contributed by atoms with Crippen LogP contribution in [-0.2, 0) is 9.53 Å². The molecule has 0 bridgehead atoms. The largest absolute Gasteiger partial charge is 0.497 e. The van der Waals surface area contributed by atoms with Gasteiger partial charge in [-0.25, -0.2) is 9.59 Å². The quantitative estimate of drug-likeness (QED) is 0.649. The summed E-state index contributed by atoms with van der Waals surface area (Å²) in [6.07, 6.45) is 2.11. The lowest BCUT2D eigenvalue weighted by Crippen LogP contribution is -2.48. The van der Waals surface area contributed by atoms with Gasteiger partial charge in [0.25, 0.3) is 0 Å². The summed E-state index contributed by atoms with van der Waals surface area (Å²) in [6, 6.07) is 17.0. The highest BCUT2D eigenvalue weighted by atomic mass is 16.5. The molecule has 2 amide bonds. The maximum Gasteiger partial charge on any atom is 0.338 e. The van der Waals surface area contributed by atoms with Crippen molar-refractivity contribution in [2.24, 2.45) is 0 Å². The Hall–Kier alpha value is -3.32. The van der Waals surface area contributed by atoms with Crippen LogP contribution in [0, 0.1) is 0 Å². The normalized spacial score (nSPS) is 21.1. The number of carbonyl (C=O) groups excluding carboxylic acids is 2. The van der Waals surface area contributed by atoms with Crippen LogP contribution in [0.1, 0.15) is 43.0 Å². The van der Waals surface area contributed by atoms with Crippen molar-refractivity contribution in [3.8, 4) is 5.75 Å². The molecule has 0 spiro atoms. The molecule has 2 heterocycles. The molecule has 7 heteroatoms. The average molecular weight is 436 g/mol. The van der Waals surface area contributed by atoms with Crippen LogP contribution in [0.25, 0.3) is 0 Å². The fraction of sp³-hybridized carbons (Fsp3) is 0.360. The zero-order valence-corrected chi connectivity index (χ0v) is 18.5. The fourth-order valence-electron chi connectivity index (χ4n) is 4.51. The minimum Gasteiger partial charge on any atom is -0.497 e. The van der Waals surface area contributed by atoms with Crippen LogP contribution in [0.3, 0.4) is 0 Å². The predicted octanol–water partition coefficient (Wildman–Crippen LogP) is 3.70. The molecule has 2 aromatic carbocycles. The van der Waals surface area contributed by atoms with Crippen molar-refractivity contribution in [3.63, 3.8) is 0 Å². The third-order valence-corrected chi connectivity index (χ3v) is 6.01. The van der Waals surface area contributed by atoms with E-state index in [-0.39, 0.29) is 18.7 Å². The average Bonchev–Trinajstić information content (AvgIpc) is 3.27. The SMILES string of the molecule is CCOC(=O)C1=C(CN2CCCC2c2ccccc2)NC(=O)NC1c1ccc(OC)cc1. The highest BCUT2D eigenvalue weighted by Crippen LogP contribution is 2.34. The molecule has 0 aliphatic carbocycles. The summed E-state index contributed by atoms with van der Waals surface area (Å²) in [7, 11) is 1.60. The first-order valence-corrected chi connectivity index (χ1v) is 11.0. The zero-order valence-electron chi connectivity index (χ0n) is 18.5. The molecule has 4 rings (SSSR count). The maximum absolute atomic E-state index is 13.0. The number of amides is 2. The number of nitrogens with one attached hydrogen (secondary N) is 2. The van der Waals surface area contributed by atoms with Crippen molar-refractivity contribution in [2.45, 2.75) is 31.8 Å². The van der Waals surface area contributed by atoms with Crippen molar-refractivity contribution in [3.05, 3.63) is 77.0 Å². The van der Waals surface area contributed by atoms with Crippen molar-refractivity contribution >= 4 is 12.0 Å². The van der Waals surface area contributed by atoms with Gasteiger partial charge >= 0.3 is 12.0 Å². The van der Waals surface area contributed by atoms with E-state index in [9.17, 15) is 9.59 Å². The number of benzene rings is 2. The van der Waals surface area contributed by atoms with E-state index in [1.807, 2.05) is 42.5 Å². The molecule has 0 saturated carbocycles.